The van der Waals surface area contributed by atoms with Crippen molar-refractivity contribution in [2.24, 2.45) is 0 Å². The second-order valence-electron chi connectivity index (χ2n) is 8.42. The number of ether oxygens (including phenoxy) is 1. The quantitative estimate of drug-likeness (QED) is 0.518. The summed E-state index contributed by atoms with van der Waals surface area (Å²) in [4.78, 5) is 25.9. The molecule has 7 nitrogen and oxygen atoms in total. The Kier molecular flexibility index (Phi) is 6.77. The first-order valence-electron chi connectivity index (χ1n) is 11.3. The predicted octanol–water partition coefficient (Wildman–Crippen LogP) is 4.39. The van der Waals surface area contributed by atoms with Crippen LogP contribution in [0.3, 0.4) is 0 Å². The summed E-state index contributed by atoms with van der Waals surface area (Å²) in [6.07, 6.45) is 6.26. The zero-order valence-electron chi connectivity index (χ0n) is 19.1. The molecule has 0 bridgehead atoms. The first kappa shape index (κ1) is 22.6. The van der Waals surface area contributed by atoms with Gasteiger partial charge in [-0.3, -0.25) is 14.3 Å². The number of rotatable bonds is 8. The number of amides is 1. The van der Waals surface area contributed by atoms with Crippen molar-refractivity contribution in [1.29, 1.82) is 0 Å². The van der Waals surface area contributed by atoms with Gasteiger partial charge >= 0.3 is 5.97 Å². The second-order valence-corrected chi connectivity index (χ2v) is 8.42. The molecule has 3 aromatic rings. The zero-order valence-corrected chi connectivity index (χ0v) is 19.1. The molecule has 1 aromatic heterocycles. The number of aryl methyl sites for hydroxylation is 1. The molecule has 0 aliphatic carbocycles. The highest BCUT2D eigenvalue weighted by molar-refractivity contribution is 5.96. The van der Waals surface area contributed by atoms with E-state index in [1.807, 2.05) is 42.2 Å². The van der Waals surface area contributed by atoms with E-state index in [1.54, 1.807) is 12.4 Å². The van der Waals surface area contributed by atoms with Crippen LogP contribution in [0, 0.1) is 13.8 Å². The van der Waals surface area contributed by atoms with Crippen molar-refractivity contribution in [3.8, 4) is 16.9 Å². The molecule has 1 aliphatic rings. The third kappa shape index (κ3) is 5.08. The first-order chi connectivity index (χ1) is 15.9. The van der Waals surface area contributed by atoms with Crippen LogP contribution in [0.25, 0.3) is 11.1 Å². The molecule has 2 aromatic carbocycles. The highest BCUT2D eigenvalue weighted by Crippen LogP contribution is 2.35. The summed E-state index contributed by atoms with van der Waals surface area (Å²) < 4.78 is 7.33. The third-order valence-corrected chi connectivity index (χ3v) is 6.14. The Bertz CT molecular complexity index is 1170. The molecule has 172 valence electrons. The average Bonchev–Trinajstić information content (AvgIpc) is 3.26. The molecule has 2 heterocycles. The number of carbonyl (C=O) groups is 2. The molecule has 0 radical (unpaired) electrons. The fraction of sp³-hybridized carbons (Fsp3) is 0.346. The highest BCUT2D eigenvalue weighted by atomic mass is 16.5. The molecule has 0 unspecified atom stereocenters. The first-order valence-corrected chi connectivity index (χ1v) is 11.3. The van der Waals surface area contributed by atoms with E-state index < -0.39 is 5.97 Å². The summed E-state index contributed by atoms with van der Waals surface area (Å²) in [5.74, 6) is 0.0381. The minimum atomic E-state index is -0.932. The molecule has 0 saturated carbocycles. The van der Waals surface area contributed by atoms with Gasteiger partial charge in [0.15, 0.2) is 0 Å². The molecule has 33 heavy (non-hydrogen) atoms. The minimum absolute atomic E-state index is 0.0965. The second kappa shape index (κ2) is 9.90. The lowest BCUT2D eigenvalue weighted by atomic mass is 9.93. The lowest BCUT2D eigenvalue weighted by Gasteiger charge is -2.31. The van der Waals surface area contributed by atoms with Gasteiger partial charge in [-0.2, -0.15) is 5.10 Å². The van der Waals surface area contributed by atoms with Gasteiger partial charge in [0, 0.05) is 30.4 Å². The van der Waals surface area contributed by atoms with Crippen LogP contribution in [-0.2, 0) is 22.6 Å². The van der Waals surface area contributed by atoms with E-state index in [1.165, 1.54) is 10.2 Å². The molecule has 0 atom stereocenters. The number of aromatic nitrogens is 2. The van der Waals surface area contributed by atoms with E-state index in [-0.39, 0.29) is 12.5 Å². The third-order valence-electron chi connectivity index (χ3n) is 6.14. The van der Waals surface area contributed by atoms with E-state index in [2.05, 4.69) is 18.1 Å². The molecular formula is C26H29N3O4. The fourth-order valence-corrected chi connectivity index (χ4v) is 4.30. The van der Waals surface area contributed by atoms with Crippen molar-refractivity contribution in [3.05, 3.63) is 65.5 Å². The van der Waals surface area contributed by atoms with E-state index >= 15 is 0 Å². The van der Waals surface area contributed by atoms with Gasteiger partial charge in [-0.1, -0.05) is 24.3 Å². The number of aliphatic carboxylic acids is 1. The monoisotopic (exact) mass is 447 g/mol. The van der Waals surface area contributed by atoms with E-state index in [0.717, 1.165) is 46.5 Å². The smallest absolute Gasteiger partial charge is 0.325 e. The van der Waals surface area contributed by atoms with Crippen molar-refractivity contribution < 1.29 is 19.4 Å². The van der Waals surface area contributed by atoms with Gasteiger partial charge in [0.25, 0.3) is 0 Å². The van der Waals surface area contributed by atoms with Crippen LogP contribution in [0.1, 0.15) is 36.0 Å². The summed E-state index contributed by atoms with van der Waals surface area (Å²) >= 11 is 0. The summed E-state index contributed by atoms with van der Waals surface area (Å²) in [6.45, 7) is 5.13. The Morgan fingerprint density at radius 3 is 2.79 bits per heavy atom. The molecule has 7 heteroatoms. The van der Waals surface area contributed by atoms with E-state index in [9.17, 15) is 9.59 Å². The fourth-order valence-electron chi connectivity index (χ4n) is 4.30. The van der Waals surface area contributed by atoms with Crippen LogP contribution >= 0.6 is 0 Å². The number of nitrogens with zero attached hydrogens (tertiary/aromatic N) is 3. The van der Waals surface area contributed by atoms with Crippen LogP contribution in [0.5, 0.6) is 5.75 Å². The number of benzene rings is 2. The van der Waals surface area contributed by atoms with Gasteiger partial charge in [-0.05, 0) is 67.5 Å². The summed E-state index contributed by atoms with van der Waals surface area (Å²) in [7, 11) is 0. The van der Waals surface area contributed by atoms with E-state index in [0.29, 0.717) is 26.0 Å². The number of carboxylic acid groups (broad SMARTS) is 1. The van der Waals surface area contributed by atoms with Crippen LogP contribution in [0.4, 0.5) is 5.69 Å². The average molecular weight is 448 g/mol. The Hall–Kier alpha value is -3.61. The van der Waals surface area contributed by atoms with Crippen LogP contribution in [-0.4, -0.2) is 39.9 Å². The van der Waals surface area contributed by atoms with Crippen LogP contribution in [0.15, 0.2) is 48.8 Å². The number of carboxylic acids is 1. The van der Waals surface area contributed by atoms with Crippen molar-refractivity contribution in [1.82, 2.24) is 9.78 Å². The SMILES string of the molecule is Cc1cccc(OCCCC(=O)N2CCCc3c(-c4cnn(CC(=O)O)c4)cccc32)c1C. The predicted molar refractivity (Wildman–Crippen MR) is 127 cm³/mol. The van der Waals surface area contributed by atoms with Gasteiger partial charge < -0.3 is 14.7 Å². The number of fused-ring (bicyclic) bond motifs is 1. The lowest BCUT2D eigenvalue weighted by Crippen LogP contribution is -2.35. The number of hydrogen-bond donors (Lipinski definition) is 1. The Balaban J connectivity index is 1.43. The van der Waals surface area contributed by atoms with Crippen molar-refractivity contribution in [2.75, 3.05) is 18.1 Å². The summed E-state index contributed by atoms with van der Waals surface area (Å²) in [6, 6.07) is 11.9. The molecule has 4 rings (SSSR count). The number of carbonyl (C=O) groups excluding carboxylic acids is 1. The number of anilines is 1. The minimum Gasteiger partial charge on any atom is -0.493 e. The van der Waals surface area contributed by atoms with Gasteiger partial charge in [-0.15, -0.1) is 0 Å². The number of hydrogen-bond acceptors (Lipinski definition) is 4. The summed E-state index contributed by atoms with van der Waals surface area (Å²) in [5, 5.41) is 13.2. The maximum absolute atomic E-state index is 13.1. The highest BCUT2D eigenvalue weighted by Gasteiger charge is 2.24. The molecule has 0 saturated heterocycles. The Morgan fingerprint density at radius 1 is 1.15 bits per heavy atom. The van der Waals surface area contributed by atoms with E-state index in [4.69, 9.17) is 9.84 Å². The van der Waals surface area contributed by atoms with Crippen molar-refractivity contribution in [3.63, 3.8) is 0 Å². The van der Waals surface area contributed by atoms with Crippen LogP contribution in [0.2, 0.25) is 0 Å². The topological polar surface area (TPSA) is 84.7 Å². The standard InChI is InChI=1S/C26H29N3O4/c1-18-7-3-11-24(19(18)2)33-14-6-12-25(30)29-13-5-9-22-21(8-4-10-23(22)29)20-15-27-28(16-20)17-26(31)32/h3-4,7-8,10-11,15-16H,5-6,9,12-14,17H2,1-2H3,(H,31,32). The largest absolute Gasteiger partial charge is 0.493 e. The normalized spacial score (nSPS) is 13.0. The van der Waals surface area contributed by atoms with Crippen molar-refractivity contribution in [2.45, 2.75) is 46.1 Å². The van der Waals surface area contributed by atoms with Gasteiger partial charge in [0.1, 0.15) is 12.3 Å². The van der Waals surface area contributed by atoms with Crippen molar-refractivity contribution >= 4 is 17.6 Å². The molecule has 0 fully saturated rings. The molecule has 1 N–H and O–H groups in total. The van der Waals surface area contributed by atoms with Gasteiger partial charge in [0.05, 0.1) is 12.8 Å². The Morgan fingerprint density at radius 2 is 1.97 bits per heavy atom. The molecule has 0 spiro atoms. The zero-order chi connectivity index (χ0) is 23.4. The summed E-state index contributed by atoms with van der Waals surface area (Å²) in [5.41, 5.74) is 6.24. The molecule has 1 amide bonds. The lowest BCUT2D eigenvalue weighted by molar-refractivity contribution is -0.137. The molecule has 1 aliphatic heterocycles. The van der Waals surface area contributed by atoms with Gasteiger partial charge in [-0.25, -0.2) is 0 Å². The maximum atomic E-state index is 13.1. The Labute approximate surface area is 193 Å². The maximum Gasteiger partial charge on any atom is 0.325 e. The molecular weight excluding hydrogens is 418 g/mol. The van der Waals surface area contributed by atoms with Gasteiger partial charge in [0.2, 0.25) is 5.91 Å². The van der Waals surface area contributed by atoms with Crippen LogP contribution < -0.4 is 9.64 Å².